The van der Waals surface area contributed by atoms with Crippen molar-refractivity contribution in [1.82, 2.24) is 14.8 Å². The van der Waals surface area contributed by atoms with Crippen molar-refractivity contribution in [3.05, 3.63) is 18.7 Å². The summed E-state index contributed by atoms with van der Waals surface area (Å²) in [6.07, 6.45) is 1.58. The van der Waals surface area contributed by atoms with E-state index in [1.165, 1.54) is 0 Å². The van der Waals surface area contributed by atoms with E-state index >= 15 is 0 Å². The van der Waals surface area contributed by atoms with Crippen molar-refractivity contribution in [2.75, 3.05) is 13.2 Å². The number of nitrogens with zero attached hydrogens (tertiary/aromatic N) is 3. The Balaban J connectivity index is 2.17. The summed E-state index contributed by atoms with van der Waals surface area (Å²) in [5.41, 5.74) is 1.08. The summed E-state index contributed by atoms with van der Waals surface area (Å²) in [7, 11) is 0. The molecule has 3 heterocycles. The van der Waals surface area contributed by atoms with E-state index in [-0.39, 0.29) is 0 Å². The van der Waals surface area contributed by atoms with Gasteiger partial charge in [-0.15, -0.1) is 0 Å². The Labute approximate surface area is 69.9 Å². The highest BCUT2D eigenvalue weighted by Crippen LogP contribution is 2.41. The monoisotopic (exact) mass is 163 g/mol. The molecule has 62 valence electrons. The highest BCUT2D eigenvalue weighted by atomic mass is 16.5. The van der Waals surface area contributed by atoms with Crippen LogP contribution in [-0.2, 0) is 4.74 Å². The van der Waals surface area contributed by atoms with Crippen LogP contribution in [0.15, 0.2) is 12.9 Å². The Hall–Kier alpha value is -1.16. The van der Waals surface area contributed by atoms with Gasteiger partial charge >= 0.3 is 0 Å². The van der Waals surface area contributed by atoms with E-state index in [2.05, 4.69) is 16.7 Å². The third-order valence-corrected chi connectivity index (χ3v) is 2.67. The zero-order valence-corrected chi connectivity index (χ0v) is 6.60. The first-order valence-corrected chi connectivity index (χ1v) is 4.04. The average Bonchev–Trinajstić information content (AvgIpc) is 2.72. The Bertz CT molecular complexity index is 344. The van der Waals surface area contributed by atoms with E-state index in [4.69, 9.17) is 4.74 Å². The van der Waals surface area contributed by atoms with Crippen LogP contribution in [0.4, 0.5) is 0 Å². The van der Waals surface area contributed by atoms with Gasteiger partial charge in [-0.05, 0) is 5.57 Å². The molecule has 0 spiro atoms. The topological polar surface area (TPSA) is 39.9 Å². The number of ether oxygens (including phenoxy) is 1. The molecule has 4 heteroatoms. The molecule has 2 aliphatic rings. The maximum absolute atomic E-state index is 5.36. The maximum atomic E-state index is 5.36. The normalized spacial score (nSPS) is 32.2. The first-order chi connectivity index (χ1) is 5.88. The molecule has 1 aromatic rings. The van der Waals surface area contributed by atoms with Crippen molar-refractivity contribution in [2.24, 2.45) is 5.92 Å². The van der Waals surface area contributed by atoms with Crippen LogP contribution in [0.25, 0.3) is 5.57 Å². The molecular formula is C8H9N3O. The van der Waals surface area contributed by atoms with E-state index in [9.17, 15) is 0 Å². The van der Waals surface area contributed by atoms with Gasteiger partial charge in [0, 0.05) is 5.92 Å². The number of hydrogen-bond acceptors (Lipinski definition) is 3. The smallest absolute Gasteiger partial charge is 0.154 e. The molecule has 3 rings (SSSR count). The van der Waals surface area contributed by atoms with Crippen molar-refractivity contribution < 1.29 is 4.74 Å². The highest BCUT2D eigenvalue weighted by Gasteiger charge is 2.41. The largest absolute Gasteiger partial charge is 0.378 e. The molecule has 0 radical (unpaired) electrons. The van der Waals surface area contributed by atoms with Crippen LogP contribution in [0, 0.1) is 5.92 Å². The standard InChI is InChI=1S/C8H9N3O/c1-5-6-2-12-3-7(6)11-8(5)9-4-10-11/h4,6-7H,1-3H2/t6-,7-/m1/s1. The minimum Gasteiger partial charge on any atom is -0.378 e. The molecule has 0 aromatic carbocycles. The summed E-state index contributed by atoms with van der Waals surface area (Å²) < 4.78 is 7.29. The Morgan fingerprint density at radius 3 is 3.42 bits per heavy atom. The lowest BCUT2D eigenvalue weighted by molar-refractivity contribution is 0.180. The first-order valence-electron chi connectivity index (χ1n) is 4.04. The van der Waals surface area contributed by atoms with Crippen molar-refractivity contribution >= 4 is 5.57 Å². The highest BCUT2D eigenvalue weighted by molar-refractivity contribution is 5.63. The SMILES string of the molecule is C=C1c2ncnn2[C@@H]2COC[C@H]12. The Morgan fingerprint density at radius 2 is 2.50 bits per heavy atom. The molecule has 12 heavy (non-hydrogen) atoms. The lowest BCUT2D eigenvalue weighted by atomic mass is 10.00. The Kier molecular flexibility index (Phi) is 1.04. The van der Waals surface area contributed by atoms with Gasteiger partial charge in [0.25, 0.3) is 0 Å². The fourth-order valence-corrected chi connectivity index (χ4v) is 2.01. The summed E-state index contributed by atoms with van der Waals surface area (Å²) in [6, 6.07) is 0.356. The van der Waals surface area contributed by atoms with E-state index in [1.54, 1.807) is 6.33 Å². The fraction of sp³-hybridized carbons (Fsp3) is 0.500. The second-order valence-corrected chi connectivity index (χ2v) is 3.26. The van der Waals surface area contributed by atoms with Gasteiger partial charge < -0.3 is 4.74 Å². The van der Waals surface area contributed by atoms with Gasteiger partial charge in [0.05, 0.1) is 19.3 Å². The minimum absolute atomic E-state index is 0.356. The van der Waals surface area contributed by atoms with E-state index < -0.39 is 0 Å². The lowest BCUT2D eigenvalue weighted by Gasteiger charge is -2.05. The van der Waals surface area contributed by atoms with E-state index in [0.717, 1.165) is 24.6 Å². The number of fused-ring (bicyclic) bond motifs is 3. The van der Waals surface area contributed by atoms with Gasteiger partial charge in [-0.1, -0.05) is 6.58 Å². The van der Waals surface area contributed by atoms with Crippen molar-refractivity contribution in [1.29, 1.82) is 0 Å². The predicted molar refractivity (Wildman–Crippen MR) is 42.4 cm³/mol. The number of rotatable bonds is 0. The summed E-state index contributed by atoms with van der Waals surface area (Å²) in [5, 5.41) is 4.15. The van der Waals surface area contributed by atoms with Crippen molar-refractivity contribution in [3.8, 4) is 0 Å². The molecule has 2 atom stereocenters. The third-order valence-electron chi connectivity index (χ3n) is 2.67. The summed E-state index contributed by atoms with van der Waals surface area (Å²) in [4.78, 5) is 4.16. The van der Waals surface area contributed by atoms with Gasteiger partial charge in [0.1, 0.15) is 6.33 Å². The summed E-state index contributed by atoms with van der Waals surface area (Å²) in [6.45, 7) is 5.53. The summed E-state index contributed by atoms with van der Waals surface area (Å²) in [5.74, 6) is 1.36. The molecule has 4 nitrogen and oxygen atoms in total. The summed E-state index contributed by atoms with van der Waals surface area (Å²) >= 11 is 0. The molecule has 0 aliphatic carbocycles. The van der Waals surface area contributed by atoms with Gasteiger partial charge in [-0.2, -0.15) is 5.10 Å². The molecule has 0 saturated carbocycles. The molecular weight excluding hydrogens is 154 g/mol. The molecule has 0 bridgehead atoms. The average molecular weight is 163 g/mol. The molecule has 1 aromatic heterocycles. The fourth-order valence-electron chi connectivity index (χ4n) is 2.01. The molecule has 0 N–H and O–H groups in total. The third kappa shape index (κ3) is 0.571. The van der Waals surface area contributed by atoms with E-state index in [1.807, 2.05) is 4.68 Å². The molecule has 0 amide bonds. The van der Waals surface area contributed by atoms with Gasteiger partial charge in [0.2, 0.25) is 0 Å². The van der Waals surface area contributed by atoms with Crippen LogP contribution in [-0.4, -0.2) is 28.0 Å². The Morgan fingerprint density at radius 1 is 1.58 bits per heavy atom. The second kappa shape index (κ2) is 1.95. The van der Waals surface area contributed by atoms with Crippen LogP contribution in [0.3, 0.4) is 0 Å². The molecule has 1 saturated heterocycles. The predicted octanol–water partition coefficient (Wildman–Crippen LogP) is 0.492. The van der Waals surface area contributed by atoms with Crippen LogP contribution < -0.4 is 0 Å². The zero-order valence-electron chi connectivity index (χ0n) is 6.60. The van der Waals surface area contributed by atoms with Crippen LogP contribution in [0.5, 0.6) is 0 Å². The number of hydrogen-bond donors (Lipinski definition) is 0. The minimum atomic E-state index is 0.356. The number of aromatic nitrogens is 3. The second-order valence-electron chi connectivity index (χ2n) is 3.26. The van der Waals surface area contributed by atoms with E-state index in [0.29, 0.717) is 12.0 Å². The lowest BCUT2D eigenvalue weighted by Crippen LogP contribution is -2.10. The van der Waals surface area contributed by atoms with Crippen molar-refractivity contribution in [2.45, 2.75) is 6.04 Å². The molecule has 1 fully saturated rings. The molecule has 0 unspecified atom stereocenters. The quantitative estimate of drug-likeness (QED) is 0.559. The van der Waals surface area contributed by atoms with Gasteiger partial charge in [-0.3, -0.25) is 0 Å². The first kappa shape index (κ1) is 6.37. The van der Waals surface area contributed by atoms with Crippen molar-refractivity contribution in [3.63, 3.8) is 0 Å². The van der Waals surface area contributed by atoms with Crippen LogP contribution in [0.1, 0.15) is 11.9 Å². The van der Waals surface area contributed by atoms with Crippen LogP contribution >= 0.6 is 0 Å². The zero-order chi connectivity index (χ0) is 8.13. The van der Waals surface area contributed by atoms with Crippen LogP contribution in [0.2, 0.25) is 0 Å². The van der Waals surface area contributed by atoms with Gasteiger partial charge in [-0.25, -0.2) is 9.67 Å². The van der Waals surface area contributed by atoms with Gasteiger partial charge in [0.15, 0.2) is 5.82 Å². The molecule has 2 aliphatic heterocycles. The maximum Gasteiger partial charge on any atom is 0.154 e.